The van der Waals surface area contributed by atoms with E-state index in [0.29, 0.717) is 0 Å². The van der Waals surface area contributed by atoms with E-state index in [1.807, 2.05) is 49.2 Å². The molecule has 0 saturated carbocycles. The van der Waals surface area contributed by atoms with Gasteiger partial charge in [0.25, 0.3) is 0 Å². The molecule has 3 rings (SSSR count). The third-order valence-corrected chi connectivity index (χ3v) is 5.18. The van der Waals surface area contributed by atoms with Crippen molar-refractivity contribution in [1.29, 1.82) is 0 Å². The largest absolute Gasteiger partial charge is 0.303 e. The highest BCUT2D eigenvalue weighted by atomic mass is 32.1. The summed E-state index contributed by atoms with van der Waals surface area (Å²) in [5.74, 6) is 0.843. The number of rotatable bonds is 6. The highest BCUT2D eigenvalue weighted by Crippen LogP contribution is 2.21. The lowest BCUT2D eigenvalue weighted by atomic mass is 10.3. The number of hydrogen-bond acceptors (Lipinski definition) is 5. The minimum atomic E-state index is -0.174. The van der Waals surface area contributed by atoms with Crippen LogP contribution in [0.4, 0.5) is 0 Å². The van der Waals surface area contributed by atoms with Gasteiger partial charge in [0.05, 0.1) is 18.8 Å². The number of aromatic nitrogens is 4. The molecule has 0 radical (unpaired) electrons. The summed E-state index contributed by atoms with van der Waals surface area (Å²) in [6, 6.07) is 4.31. The Morgan fingerprint density at radius 3 is 2.81 bits per heavy atom. The van der Waals surface area contributed by atoms with Gasteiger partial charge in [-0.3, -0.25) is 4.79 Å². The van der Waals surface area contributed by atoms with E-state index in [0.717, 1.165) is 33.5 Å². The maximum absolute atomic E-state index is 12.0. The second kappa shape index (κ2) is 7.87. The summed E-state index contributed by atoms with van der Waals surface area (Å²) in [4.78, 5) is 16.3. The van der Waals surface area contributed by atoms with Crippen molar-refractivity contribution < 1.29 is 4.79 Å². The van der Waals surface area contributed by atoms with Crippen molar-refractivity contribution in [3.63, 3.8) is 0 Å². The average Bonchev–Trinajstić information content (AvgIpc) is 3.28. The standard InChI is InChI=1S/C19H24N6OS/c1-12(2)25-19(6-7-21-25)24-14(4)8-16(15(24)5)10-20-23-17(26)9-18-22-13(3)11-27-18/h6-8,10-12H,9H2,1-5H3,(H,23,26)/b20-10-. The van der Waals surface area contributed by atoms with Gasteiger partial charge in [-0.25, -0.2) is 15.1 Å². The second-order valence-electron chi connectivity index (χ2n) is 6.74. The molecule has 0 aliphatic heterocycles. The van der Waals surface area contributed by atoms with Gasteiger partial charge in [0.1, 0.15) is 10.8 Å². The van der Waals surface area contributed by atoms with Crippen molar-refractivity contribution in [3.05, 3.63) is 51.4 Å². The minimum absolute atomic E-state index is 0.174. The van der Waals surface area contributed by atoms with Crippen LogP contribution in [-0.2, 0) is 11.2 Å². The average molecular weight is 385 g/mol. The fraction of sp³-hybridized carbons (Fsp3) is 0.368. The number of nitrogens with one attached hydrogen (secondary N) is 1. The quantitative estimate of drug-likeness (QED) is 0.523. The lowest BCUT2D eigenvalue weighted by molar-refractivity contribution is -0.120. The first-order chi connectivity index (χ1) is 12.9. The van der Waals surface area contributed by atoms with Gasteiger partial charge in [-0.05, 0) is 40.7 Å². The second-order valence-corrected chi connectivity index (χ2v) is 7.68. The van der Waals surface area contributed by atoms with Crippen molar-refractivity contribution in [2.24, 2.45) is 5.10 Å². The van der Waals surface area contributed by atoms with Crippen LogP contribution in [0.15, 0.2) is 28.8 Å². The van der Waals surface area contributed by atoms with Gasteiger partial charge in [-0.1, -0.05) is 0 Å². The summed E-state index contributed by atoms with van der Waals surface area (Å²) >= 11 is 1.48. The van der Waals surface area contributed by atoms with E-state index in [-0.39, 0.29) is 18.4 Å². The molecule has 0 aliphatic carbocycles. The molecular weight excluding hydrogens is 360 g/mol. The van der Waals surface area contributed by atoms with Gasteiger partial charge in [-0.15, -0.1) is 11.3 Å². The molecule has 0 bridgehead atoms. The van der Waals surface area contributed by atoms with Crippen LogP contribution in [0.1, 0.15) is 47.5 Å². The Bertz CT molecular complexity index is 978. The lowest BCUT2D eigenvalue weighted by Gasteiger charge is -2.14. The molecule has 3 aromatic heterocycles. The molecule has 0 saturated heterocycles. The Morgan fingerprint density at radius 2 is 2.15 bits per heavy atom. The number of carbonyl (C=O) groups is 1. The number of amides is 1. The first kappa shape index (κ1) is 19.0. The predicted molar refractivity (Wildman–Crippen MR) is 108 cm³/mol. The van der Waals surface area contributed by atoms with Crippen LogP contribution < -0.4 is 5.43 Å². The van der Waals surface area contributed by atoms with Crippen molar-refractivity contribution in [1.82, 2.24) is 24.8 Å². The zero-order valence-corrected chi connectivity index (χ0v) is 17.0. The summed E-state index contributed by atoms with van der Waals surface area (Å²) in [5, 5.41) is 11.3. The van der Waals surface area contributed by atoms with E-state index in [9.17, 15) is 4.79 Å². The molecule has 1 N–H and O–H groups in total. The highest BCUT2D eigenvalue weighted by molar-refractivity contribution is 7.09. The molecule has 0 spiro atoms. The van der Waals surface area contributed by atoms with Gasteiger partial charge < -0.3 is 4.57 Å². The third-order valence-electron chi connectivity index (χ3n) is 4.21. The van der Waals surface area contributed by atoms with Crippen molar-refractivity contribution in [2.75, 3.05) is 0 Å². The smallest absolute Gasteiger partial charge is 0.246 e. The van der Waals surface area contributed by atoms with Crippen molar-refractivity contribution in [2.45, 2.75) is 47.1 Å². The van der Waals surface area contributed by atoms with Crippen LogP contribution in [-0.4, -0.2) is 31.5 Å². The van der Waals surface area contributed by atoms with E-state index in [1.54, 1.807) is 6.21 Å². The molecule has 0 fully saturated rings. The van der Waals surface area contributed by atoms with Gasteiger partial charge in [-0.2, -0.15) is 10.2 Å². The zero-order valence-electron chi connectivity index (χ0n) is 16.2. The Labute approximate surface area is 162 Å². The summed E-state index contributed by atoms with van der Waals surface area (Å²) in [6.07, 6.45) is 3.73. The van der Waals surface area contributed by atoms with E-state index in [1.165, 1.54) is 11.3 Å². The number of aryl methyl sites for hydroxylation is 2. The molecule has 142 valence electrons. The number of carbonyl (C=O) groups excluding carboxylic acids is 1. The number of nitrogens with zero attached hydrogens (tertiary/aromatic N) is 5. The number of hydrogen-bond donors (Lipinski definition) is 1. The van der Waals surface area contributed by atoms with Crippen LogP contribution in [0.25, 0.3) is 5.82 Å². The summed E-state index contributed by atoms with van der Waals surface area (Å²) in [7, 11) is 0. The van der Waals surface area contributed by atoms with Crippen molar-refractivity contribution in [3.8, 4) is 5.82 Å². The van der Waals surface area contributed by atoms with Gasteiger partial charge in [0.2, 0.25) is 5.91 Å². The highest BCUT2D eigenvalue weighted by Gasteiger charge is 2.14. The monoisotopic (exact) mass is 384 g/mol. The third kappa shape index (κ3) is 4.16. The molecule has 0 unspecified atom stereocenters. The SMILES string of the molecule is Cc1csc(CC(=O)N/N=C\c2cc(C)n(-c3ccnn3C(C)C)c2C)n1. The van der Waals surface area contributed by atoms with Crippen LogP contribution in [0.3, 0.4) is 0 Å². The van der Waals surface area contributed by atoms with E-state index >= 15 is 0 Å². The van der Waals surface area contributed by atoms with E-state index in [4.69, 9.17) is 0 Å². The Kier molecular flexibility index (Phi) is 5.55. The molecule has 7 nitrogen and oxygen atoms in total. The molecular formula is C19H24N6OS. The van der Waals surface area contributed by atoms with Crippen LogP contribution in [0.2, 0.25) is 0 Å². The van der Waals surface area contributed by atoms with Gasteiger partial charge in [0.15, 0.2) is 0 Å². The summed E-state index contributed by atoms with van der Waals surface area (Å²) in [5.41, 5.74) is 6.59. The summed E-state index contributed by atoms with van der Waals surface area (Å²) < 4.78 is 4.13. The number of hydrazone groups is 1. The van der Waals surface area contributed by atoms with Crippen LogP contribution in [0.5, 0.6) is 0 Å². The molecule has 1 amide bonds. The molecule has 8 heteroatoms. The fourth-order valence-corrected chi connectivity index (χ4v) is 3.76. The molecule has 0 aliphatic rings. The summed E-state index contributed by atoms with van der Waals surface area (Å²) in [6.45, 7) is 10.2. The van der Waals surface area contributed by atoms with Crippen LogP contribution >= 0.6 is 11.3 Å². The zero-order chi connectivity index (χ0) is 19.6. The maximum Gasteiger partial charge on any atom is 0.246 e. The van der Waals surface area contributed by atoms with Gasteiger partial charge >= 0.3 is 0 Å². The maximum atomic E-state index is 12.0. The lowest BCUT2D eigenvalue weighted by Crippen LogP contribution is -2.19. The van der Waals surface area contributed by atoms with E-state index in [2.05, 4.69) is 39.0 Å². The van der Waals surface area contributed by atoms with Gasteiger partial charge in [0, 0.05) is 40.1 Å². The number of thiazole rings is 1. The topological polar surface area (TPSA) is 77.1 Å². The Balaban J connectivity index is 1.73. The molecule has 27 heavy (non-hydrogen) atoms. The Morgan fingerprint density at radius 1 is 1.37 bits per heavy atom. The van der Waals surface area contributed by atoms with E-state index < -0.39 is 0 Å². The Hall–Kier alpha value is -2.74. The normalized spacial score (nSPS) is 11.6. The molecule has 0 atom stereocenters. The molecule has 3 aromatic rings. The predicted octanol–water partition coefficient (Wildman–Crippen LogP) is 3.33. The first-order valence-corrected chi connectivity index (χ1v) is 9.70. The van der Waals surface area contributed by atoms with Crippen molar-refractivity contribution >= 4 is 23.5 Å². The fourth-order valence-electron chi connectivity index (χ4n) is 2.99. The van der Waals surface area contributed by atoms with Crippen LogP contribution in [0, 0.1) is 20.8 Å². The molecule has 3 heterocycles. The minimum Gasteiger partial charge on any atom is -0.303 e. The molecule has 0 aromatic carbocycles. The first-order valence-electron chi connectivity index (χ1n) is 8.82.